The molecule has 1 atom stereocenters. The summed E-state index contributed by atoms with van der Waals surface area (Å²) in [7, 11) is 0. The summed E-state index contributed by atoms with van der Waals surface area (Å²) in [5, 5.41) is 11.5. The first-order chi connectivity index (χ1) is 7.74. The van der Waals surface area contributed by atoms with Crippen molar-refractivity contribution >= 4 is 12.0 Å². The maximum absolute atomic E-state index is 11.9. The summed E-state index contributed by atoms with van der Waals surface area (Å²) in [5.41, 5.74) is -1.22. The Balaban J connectivity index is 2.53. The first-order valence-corrected chi connectivity index (χ1v) is 6.04. The lowest BCUT2D eigenvalue weighted by Gasteiger charge is -2.25. The van der Waals surface area contributed by atoms with Gasteiger partial charge in [-0.1, -0.05) is 13.8 Å². The van der Waals surface area contributed by atoms with Gasteiger partial charge in [0.25, 0.3) is 0 Å². The zero-order valence-corrected chi connectivity index (χ0v) is 11.0. The second kappa shape index (κ2) is 4.94. The molecule has 1 saturated heterocycles. The smallest absolute Gasteiger partial charge is 0.328 e. The zero-order valence-electron chi connectivity index (χ0n) is 11.0. The lowest BCUT2D eigenvalue weighted by Crippen LogP contribution is -2.53. The number of carboxylic acids is 1. The highest BCUT2D eigenvalue weighted by Gasteiger charge is 2.34. The van der Waals surface area contributed by atoms with Gasteiger partial charge in [0.2, 0.25) is 0 Å². The van der Waals surface area contributed by atoms with E-state index in [2.05, 4.69) is 19.2 Å². The van der Waals surface area contributed by atoms with Gasteiger partial charge in [-0.2, -0.15) is 0 Å². The van der Waals surface area contributed by atoms with Crippen LogP contribution in [0.4, 0.5) is 4.79 Å². The van der Waals surface area contributed by atoms with Crippen LogP contribution in [0.2, 0.25) is 0 Å². The number of hydrogen-bond donors (Lipinski definition) is 2. The standard InChI is InChI=1S/C12H22N2O3/c1-8(2)9-5-6-14(7-9)11(17)13-12(3,4)10(15)16/h8-9H,5-7H2,1-4H3,(H,13,17)(H,15,16). The summed E-state index contributed by atoms with van der Waals surface area (Å²) in [6.07, 6.45) is 0.999. The molecule has 2 N–H and O–H groups in total. The van der Waals surface area contributed by atoms with E-state index in [1.807, 2.05) is 0 Å². The minimum Gasteiger partial charge on any atom is -0.480 e. The summed E-state index contributed by atoms with van der Waals surface area (Å²) < 4.78 is 0. The molecule has 2 amide bonds. The minimum absolute atomic E-state index is 0.277. The Morgan fingerprint density at radius 3 is 2.41 bits per heavy atom. The molecule has 0 aromatic carbocycles. The van der Waals surface area contributed by atoms with Crippen LogP contribution in [0.15, 0.2) is 0 Å². The molecule has 5 heteroatoms. The number of carbonyl (C=O) groups is 2. The van der Waals surface area contributed by atoms with E-state index < -0.39 is 11.5 Å². The van der Waals surface area contributed by atoms with E-state index in [1.165, 1.54) is 13.8 Å². The van der Waals surface area contributed by atoms with Gasteiger partial charge in [0.05, 0.1) is 0 Å². The van der Waals surface area contributed by atoms with Gasteiger partial charge < -0.3 is 15.3 Å². The van der Waals surface area contributed by atoms with Crippen LogP contribution < -0.4 is 5.32 Å². The summed E-state index contributed by atoms with van der Waals surface area (Å²) in [5.74, 6) is 0.0550. The first-order valence-electron chi connectivity index (χ1n) is 6.04. The van der Waals surface area contributed by atoms with Crippen molar-refractivity contribution in [3.63, 3.8) is 0 Å². The maximum atomic E-state index is 11.9. The van der Waals surface area contributed by atoms with E-state index in [9.17, 15) is 9.59 Å². The molecule has 1 heterocycles. The second-order valence-electron chi connectivity index (χ2n) is 5.60. The second-order valence-corrected chi connectivity index (χ2v) is 5.60. The molecular weight excluding hydrogens is 220 g/mol. The van der Waals surface area contributed by atoms with E-state index in [0.29, 0.717) is 18.4 Å². The predicted octanol–water partition coefficient (Wildman–Crippen LogP) is 1.54. The van der Waals surface area contributed by atoms with E-state index in [4.69, 9.17) is 5.11 Å². The number of carbonyl (C=O) groups excluding carboxylic acids is 1. The van der Waals surface area contributed by atoms with Gasteiger partial charge in [0.1, 0.15) is 5.54 Å². The summed E-state index contributed by atoms with van der Waals surface area (Å²) in [4.78, 5) is 24.5. The molecule has 0 spiro atoms. The van der Waals surface area contributed by atoms with E-state index in [1.54, 1.807) is 4.90 Å². The molecule has 1 aliphatic heterocycles. The minimum atomic E-state index is -1.22. The van der Waals surface area contributed by atoms with Gasteiger partial charge in [-0.15, -0.1) is 0 Å². The summed E-state index contributed by atoms with van der Waals surface area (Å²) in [6.45, 7) is 8.70. The number of nitrogens with zero attached hydrogens (tertiary/aromatic N) is 1. The van der Waals surface area contributed by atoms with Crippen molar-refractivity contribution in [2.75, 3.05) is 13.1 Å². The highest BCUT2D eigenvalue weighted by Crippen LogP contribution is 2.23. The molecule has 0 aliphatic carbocycles. The average molecular weight is 242 g/mol. The SMILES string of the molecule is CC(C)C1CCN(C(=O)NC(C)(C)C(=O)O)C1. The predicted molar refractivity (Wildman–Crippen MR) is 64.8 cm³/mol. The van der Waals surface area contributed by atoms with Gasteiger partial charge in [-0.3, -0.25) is 0 Å². The van der Waals surface area contributed by atoms with Crippen molar-refractivity contribution < 1.29 is 14.7 Å². The van der Waals surface area contributed by atoms with Crippen molar-refractivity contribution in [1.82, 2.24) is 10.2 Å². The fourth-order valence-electron chi connectivity index (χ4n) is 1.92. The fourth-order valence-corrected chi connectivity index (χ4v) is 1.92. The molecule has 0 radical (unpaired) electrons. The monoisotopic (exact) mass is 242 g/mol. The Morgan fingerprint density at radius 1 is 1.41 bits per heavy atom. The van der Waals surface area contributed by atoms with E-state index in [-0.39, 0.29) is 6.03 Å². The molecule has 5 nitrogen and oxygen atoms in total. The highest BCUT2D eigenvalue weighted by molar-refractivity contribution is 5.85. The van der Waals surface area contributed by atoms with Crippen LogP contribution >= 0.6 is 0 Å². The molecule has 1 rings (SSSR count). The molecule has 0 saturated carbocycles. The Kier molecular flexibility index (Phi) is 4.01. The molecule has 0 aromatic heterocycles. The number of urea groups is 1. The molecule has 1 unspecified atom stereocenters. The topological polar surface area (TPSA) is 69.6 Å². The van der Waals surface area contributed by atoms with Crippen molar-refractivity contribution in [3.05, 3.63) is 0 Å². The third kappa shape index (κ3) is 3.35. The molecule has 1 aliphatic rings. The Hall–Kier alpha value is -1.26. The van der Waals surface area contributed by atoms with Gasteiger partial charge in [-0.25, -0.2) is 9.59 Å². The number of aliphatic carboxylic acids is 1. The fraction of sp³-hybridized carbons (Fsp3) is 0.833. The molecular formula is C12H22N2O3. The van der Waals surface area contributed by atoms with Crippen LogP contribution in [0.25, 0.3) is 0 Å². The first kappa shape index (κ1) is 13.8. The summed E-state index contributed by atoms with van der Waals surface area (Å²) in [6, 6.07) is -0.277. The normalized spacial score (nSPS) is 20.8. The highest BCUT2D eigenvalue weighted by atomic mass is 16.4. The molecule has 17 heavy (non-hydrogen) atoms. The Labute approximate surface area is 102 Å². The van der Waals surface area contributed by atoms with Crippen molar-refractivity contribution in [2.24, 2.45) is 11.8 Å². The molecule has 0 aromatic rings. The van der Waals surface area contributed by atoms with Gasteiger partial charge >= 0.3 is 12.0 Å². The third-order valence-corrected chi connectivity index (χ3v) is 3.41. The summed E-state index contributed by atoms with van der Waals surface area (Å²) >= 11 is 0. The van der Waals surface area contributed by atoms with Crippen LogP contribution in [0.1, 0.15) is 34.1 Å². The van der Waals surface area contributed by atoms with Crippen LogP contribution in [0.5, 0.6) is 0 Å². The van der Waals surface area contributed by atoms with Gasteiger partial charge in [0, 0.05) is 13.1 Å². The zero-order chi connectivity index (χ0) is 13.2. The van der Waals surface area contributed by atoms with Gasteiger partial charge in [0.15, 0.2) is 0 Å². The quantitative estimate of drug-likeness (QED) is 0.788. The van der Waals surface area contributed by atoms with Crippen LogP contribution in [0, 0.1) is 11.8 Å². The number of rotatable bonds is 3. The van der Waals surface area contributed by atoms with Crippen molar-refractivity contribution in [2.45, 2.75) is 39.7 Å². The molecule has 0 bridgehead atoms. The Morgan fingerprint density at radius 2 is 2.00 bits per heavy atom. The largest absolute Gasteiger partial charge is 0.480 e. The van der Waals surface area contributed by atoms with E-state index >= 15 is 0 Å². The molecule has 98 valence electrons. The van der Waals surface area contributed by atoms with Crippen molar-refractivity contribution in [3.8, 4) is 0 Å². The third-order valence-electron chi connectivity index (χ3n) is 3.41. The number of hydrogen-bond acceptors (Lipinski definition) is 2. The van der Waals surface area contributed by atoms with Crippen LogP contribution in [-0.4, -0.2) is 40.6 Å². The molecule has 1 fully saturated rings. The lowest BCUT2D eigenvalue weighted by atomic mass is 9.95. The average Bonchev–Trinajstić information content (AvgIpc) is 2.65. The number of nitrogens with one attached hydrogen (secondary N) is 1. The number of likely N-dealkylation sites (tertiary alicyclic amines) is 1. The van der Waals surface area contributed by atoms with Crippen LogP contribution in [-0.2, 0) is 4.79 Å². The number of carboxylic acid groups (broad SMARTS) is 1. The van der Waals surface area contributed by atoms with Gasteiger partial charge in [-0.05, 0) is 32.1 Å². The lowest BCUT2D eigenvalue weighted by molar-refractivity contribution is -0.143. The number of amides is 2. The van der Waals surface area contributed by atoms with Crippen molar-refractivity contribution in [1.29, 1.82) is 0 Å². The van der Waals surface area contributed by atoms with E-state index in [0.717, 1.165) is 13.0 Å². The van der Waals surface area contributed by atoms with Crippen LogP contribution in [0.3, 0.4) is 0 Å². The maximum Gasteiger partial charge on any atom is 0.328 e. The Bertz CT molecular complexity index is 313.